The number of nitrogens with zero attached hydrogens (tertiary/aromatic N) is 2. The molecule has 12 nitrogen and oxygen atoms in total. The van der Waals surface area contributed by atoms with Gasteiger partial charge in [-0.15, -0.1) is 0 Å². The van der Waals surface area contributed by atoms with Crippen molar-refractivity contribution in [1.29, 1.82) is 0 Å². The minimum absolute atomic E-state index is 0.0291. The molecule has 0 aliphatic heterocycles. The van der Waals surface area contributed by atoms with Crippen LogP contribution in [0.5, 0.6) is 23.0 Å². The molecule has 44 heavy (non-hydrogen) atoms. The number of benzene rings is 3. The van der Waals surface area contributed by atoms with Crippen molar-refractivity contribution in [3.8, 4) is 23.0 Å². The lowest BCUT2D eigenvalue weighted by molar-refractivity contribution is 0.248. The Hall–Kier alpha value is -6.18. The number of primary amides is 2. The lowest BCUT2D eigenvalue weighted by Crippen LogP contribution is -2.28. The minimum Gasteiger partial charge on any atom is -0.504 e. The number of aromatic hydroxyl groups is 2. The molecule has 0 aliphatic carbocycles. The fraction of sp³-hybridized carbons (Fsp3) is 0.0667. The van der Waals surface area contributed by atoms with E-state index in [9.17, 15) is 28.6 Å². The predicted molar refractivity (Wildman–Crippen MR) is 162 cm³/mol. The van der Waals surface area contributed by atoms with Crippen LogP contribution in [0.3, 0.4) is 0 Å². The zero-order valence-electron chi connectivity index (χ0n) is 23.4. The van der Waals surface area contributed by atoms with Crippen molar-refractivity contribution in [3.63, 3.8) is 0 Å². The largest absolute Gasteiger partial charge is 0.504 e. The highest BCUT2D eigenvalue weighted by atomic mass is 19.2. The van der Waals surface area contributed by atoms with E-state index in [-0.39, 0.29) is 45.6 Å². The Morgan fingerprint density at radius 1 is 0.727 bits per heavy atom. The molecule has 0 bridgehead atoms. The maximum Gasteiger partial charge on any atom is 0.332 e. The fourth-order valence-electron chi connectivity index (χ4n) is 3.60. The number of phenolic OH excluding ortho intramolecular Hbond substituents is 2. The molecule has 0 saturated heterocycles. The zero-order chi connectivity index (χ0) is 32.2. The Labute approximate surface area is 250 Å². The standard InChI is InChI=1S/C30H28F2N6O6/c1-43-27-15-17(6-11-25(27)39)4-9-23(35-37-29(33)41)20(13-19-3-8-21(31)22(32)14-19)24(36-38-30(34)42)10-5-18-7-12-26(40)28(16-18)44-2/h3-16,39-40H,1-2H3,(H3,33,37,41)(H3,34,38,42). The van der Waals surface area contributed by atoms with Gasteiger partial charge in [-0.3, -0.25) is 0 Å². The highest BCUT2D eigenvalue weighted by Crippen LogP contribution is 2.28. The molecule has 0 radical (unpaired) electrons. The second-order valence-electron chi connectivity index (χ2n) is 8.71. The number of rotatable bonds is 11. The van der Waals surface area contributed by atoms with Gasteiger partial charge in [0.05, 0.1) is 25.6 Å². The van der Waals surface area contributed by atoms with Crippen LogP contribution in [-0.2, 0) is 0 Å². The van der Waals surface area contributed by atoms with Crippen LogP contribution < -0.4 is 31.8 Å². The van der Waals surface area contributed by atoms with Crippen LogP contribution >= 0.6 is 0 Å². The maximum absolute atomic E-state index is 14.2. The van der Waals surface area contributed by atoms with Gasteiger partial charge in [0.2, 0.25) is 0 Å². The van der Waals surface area contributed by atoms with Crippen molar-refractivity contribution in [2.75, 3.05) is 14.2 Å². The van der Waals surface area contributed by atoms with E-state index in [0.29, 0.717) is 11.1 Å². The molecule has 0 heterocycles. The topological polar surface area (TPSA) is 194 Å². The van der Waals surface area contributed by atoms with Gasteiger partial charge in [-0.25, -0.2) is 29.2 Å². The van der Waals surface area contributed by atoms with Crippen molar-refractivity contribution in [2.24, 2.45) is 21.7 Å². The molecule has 0 fully saturated rings. The summed E-state index contributed by atoms with van der Waals surface area (Å²) in [6.45, 7) is 0. The first kappa shape index (κ1) is 32.3. The average molecular weight is 607 g/mol. The highest BCUT2D eigenvalue weighted by Gasteiger charge is 2.15. The smallest absolute Gasteiger partial charge is 0.332 e. The van der Waals surface area contributed by atoms with Gasteiger partial charge in [-0.2, -0.15) is 10.2 Å². The summed E-state index contributed by atoms with van der Waals surface area (Å²) in [5.41, 5.74) is 15.9. The van der Waals surface area contributed by atoms with E-state index in [4.69, 9.17) is 20.9 Å². The van der Waals surface area contributed by atoms with Crippen LogP contribution in [0, 0.1) is 11.6 Å². The molecule has 0 saturated carbocycles. The molecular formula is C30H28F2N6O6. The number of carbonyl (C=O) groups is 2. The van der Waals surface area contributed by atoms with Gasteiger partial charge in [0.15, 0.2) is 34.6 Å². The number of phenols is 2. The van der Waals surface area contributed by atoms with Crippen LogP contribution in [0.2, 0.25) is 0 Å². The van der Waals surface area contributed by atoms with E-state index in [2.05, 4.69) is 21.1 Å². The van der Waals surface area contributed by atoms with Crippen LogP contribution in [0.15, 0.2) is 82.5 Å². The number of nitrogens with one attached hydrogen (secondary N) is 2. The second kappa shape index (κ2) is 15.2. The number of carbonyl (C=O) groups excluding carboxylic acids is 2. The van der Waals surface area contributed by atoms with Gasteiger partial charge in [-0.05, 0) is 71.3 Å². The van der Waals surface area contributed by atoms with E-state index in [1.807, 2.05) is 0 Å². The van der Waals surface area contributed by atoms with Gasteiger partial charge in [0.1, 0.15) is 0 Å². The molecule has 0 unspecified atom stereocenters. The van der Waals surface area contributed by atoms with E-state index >= 15 is 0 Å². The predicted octanol–water partition coefficient (Wildman–Crippen LogP) is 4.25. The summed E-state index contributed by atoms with van der Waals surface area (Å²) in [7, 11) is 2.75. The van der Waals surface area contributed by atoms with Gasteiger partial charge in [0, 0.05) is 5.57 Å². The van der Waals surface area contributed by atoms with Crippen LogP contribution in [-0.4, -0.2) is 47.9 Å². The number of methoxy groups -OCH3 is 2. The Morgan fingerprint density at radius 2 is 1.18 bits per heavy atom. The summed E-state index contributed by atoms with van der Waals surface area (Å²) in [6.07, 6.45) is 7.27. The Bertz CT molecular complexity index is 1610. The summed E-state index contributed by atoms with van der Waals surface area (Å²) < 4.78 is 38.2. The molecule has 228 valence electrons. The van der Waals surface area contributed by atoms with Gasteiger partial charge >= 0.3 is 12.1 Å². The SMILES string of the molecule is COc1cc(C=CC(=NNC(N)=O)C(=Cc2ccc(F)c(F)c2)C(C=Cc2ccc(O)c(OC)c2)=NNC(N)=O)ccc1O. The third kappa shape index (κ3) is 9.17. The van der Waals surface area contributed by atoms with Gasteiger partial charge in [-0.1, -0.05) is 30.4 Å². The normalized spacial score (nSPS) is 11.8. The minimum atomic E-state index is -1.14. The van der Waals surface area contributed by atoms with Gasteiger partial charge < -0.3 is 31.2 Å². The maximum atomic E-state index is 14.2. The molecule has 0 atom stereocenters. The zero-order valence-corrected chi connectivity index (χ0v) is 23.4. The lowest BCUT2D eigenvalue weighted by Gasteiger charge is -2.11. The highest BCUT2D eigenvalue weighted by molar-refractivity contribution is 6.35. The summed E-state index contributed by atoms with van der Waals surface area (Å²) in [5, 5.41) is 28.0. The number of amides is 4. The van der Waals surface area contributed by atoms with E-state index in [1.54, 1.807) is 12.1 Å². The lowest BCUT2D eigenvalue weighted by atomic mass is 9.99. The number of hydrazone groups is 2. The first-order chi connectivity index (χ1) is 21.0. The van der Waals surface area contributed by atoms with Crippen LogP contribution in [0.25, 0.3) is 18.2 Å². The Kier molecular flexibility index (Phi) is 11.1. The fourth-order valence-corrected chi connectivity index (χ4v) is 3.60. The summed E-state index contributed by atoms with van der Waals surface area (Å²) in [5.74, 6) is -2.07. The number of urea groups is 2. The number of hydrogen-bond donors (Lipinski definition) is 6. The molecule has 8 N–H and O–H groups in total. The molecule has 0 spiro atoms. The van der Waals surface area contributed by atoms with E-state index in [0.717, 1.165) is 12.1 Å². The number of ether oxygens (including phenoxy) is 2. The third-order valence-corrected chi connectivity index (χ3v) is 5.65. The average Bonchev–Trinajstić information content (AvgIpc) is 2.99. The molecule has 3 aromatic carbocycles. The summed E-state index contributed by atoms with van der Waals surface area (Å²) in [6, 6.07) is 10.0. The molecule has 4 amide bonds. The van der Waals surface area contributed by atoms with Crippen molar-refractivity contribution in [2.45, 2.75) is 0 Å². The number of allylic oxidation sites excluding steroid dienone is 3. The molecule has 14 heteroatoms. The third-order valence-electron chi connectivity index (χ3n) is 5.65. The van der Waals surface area contributed by atoms with Crippen LogP contribution in [0.1, 0.15) is 16.7 Å². The van der Waals surface area contributed by atoms with E-state index < -0.39 is 23.7 Å². The summed E-state index contributed by atoms with van der Waals surface area (Å²) in [4.78, 5) is 23.2. The molecule has 3 aromatic rings. The number of hydrogen-bond acceptors (Lipinski definition) is 8. The quantitative estimate of drug-likeness (QED) is 0.139. The monoisotopic (exact) mass is 606 g/mol. The van der Waals surface area contributed by atoms with Gasteiger partial charge in [0.25, 0.3) is 0 Å². The first-order valence-electron chi connectivity index (χ1n) is 12.5. The Balaban J connectivity index is 2.26. The Morgan fingerprint density at radius 3 is 1.59 bits per heavy atom. The van der Waals surface area contributed by atoms with Crippen LogP contribution in [0.4, 0.5) is 18.4 Å². The van der Waals surface area contributed by atoms with Crippen molar-refractivity contribution < 1.29 is 38.1 Å². The number of halogens is 2. The molecule has 0 aromatic heterocycles. The van der Waals surface area contributed by atoms with Crippen molar-refractivity contribution >= 4 is 41.7 Å². The molecule has 3 rings (SSSR count). The second-order valence-corrected chi connectivity index (χ2v) is 8.71. The number of nitrogens with two attached hydrogens (primary N) is 2. The van der Waals surface area contributed by atoms with E-state index in [1.165, 1.54) is 74.9 Å². The first-order valence-corrected chi connectivity index (χ1v) is 12.5. The summed E-state index contributed by atoms with van der Waals surface area (Å²) >= 11 is 0. The molecule has 0 aliphatic rings. The molecular weight excluding hydrogens is 578 g/mol. The van der Waals surface area contributed by atoms with Crippen molar-refractivity contribution in [3.05, 3.63) is 101 Å². The van der Waals surface area contributed by atoms with Crippen molar-refractivity contribution in [1.82, 2.24) is 10.9 Å².